The molecule has 1 saturated carbocycles. The second-order valence-electron chi connectivity index (χ2n) is 11.7. The average Bonchev–Trinajstić information content (AvgIpc) is 3.57. The lowest BCUT2D eigenvalue weighted by molar-refractivity contribution is 0.0694. The Labute approximate surface area is 244 Å². The Morgan fingerprint density at radius 3 is 2.59 bits per heavy atom. The molecular formula is C33H33ClN4O3. The lowest BCUT2D eigenvalue weighted by Crippen LogP contribution is -2.47. The summed E-state index contributed by atoms with van der Waals surface area (Å²) >= 11 is 6.20. The normalized spacial score (nSPS) is 18.7. The van der Waals surface area contributed by atoms with E-state index in [-0.39, 0.29) is 5.56 Å². The van der Waals surface area contributed by atoms with Gasteiger partial charge in [0.05, 0.1) is 6.20 Å². The number of rotatable bonds is 7. The molecule has 2 N–H and O–H groups in total. The number of nitrogens with one attached hydrogen (secondary N) is 1. The number of anilines is 1. The van der Waals surface area contributed by atoms with Crippen LogP contribution >= 0.6 is 11.6 Å². The van der Waals surface area contributed by atoms with E-state index >= 15 is 0 Å². The minimum absolute atomic E-state index is 0.133. The number of piperazine rings is 1. The number of H-pyrrole nitrogens is 1. The van der Waals surface area contributed by atoms with E-state index in [1.54, 1.807) is 17.8 Å². The lowest BCUT2D eigenvalue weighted by Gasteiger charge is -2.38. The largest absolute Gasteiger partial charge is 0.478 e. The second kappa shape index (κ2) is 10.5. The van der Waals surface area contributed by atoms with Gasteiger partial charge in [0.25, 0.3) is 0 Å². The number of carboxylic acids is 1. The fourth-order valence-corrected chi connectivity index (χ4v) is 6.52. The molecule has 3 heterocycles. The van der Waals surface area contributed by atoms with Crippen LogP contribution in [0.3, 0.4) is 0 Å². The van der Waals surface area contributed by atoms with Crippen molar-refractivity contribution in [1.29, 1.82) is 0 Å². The minimum atomic E-state index is -1.02. The van der Waals surface area contributed by atoms with Crippen LogP contribution in [-0.2, 0) is 0 Å². The van der Waals surface area contributed by atoms with Crippen molar-refractivity contribution in [3.05, 3.63) is 88.7 Å². The highest BCUT2D eigenvalue weighted by molar-refractivity contribution is 6.30. The first-order valence-electron chi connectivity index (χ1n) is 14.4. The monoisotopic (exact) mass is 568 g/mol. The minimum Gasteiger partial charge on any atom is -0.478 e. The molecule has 41 heavy (non-hydrogen) atoms. The van der Waals surface area contributed by atoms with Gasteiger partial charge in [-0.15, -0.1) is 0 Å². The zero-order valence-electron chi connectivity index (χ0n) is 22.9. The molecular weight excluding hydrogens is 536 g/mol. The SMILES string of the molecule is O=C(O)c1ccc(N2CCN(CC3=C(c4ccc(Cl)cc4)CC4(CC3)CC4)CC2)cc1Oc1cnc2[nH]ccc2c1. The van der Waals surface area contributed by atoms with Crippen LogP contribution in [0, 0.1) is 5.41 Å². The van der Waals surface area contributed by atoms with Crippen molar-refractivity contribution in [2.45, 2.75) is 32.1 Å². The molecule has 1 spiro atoms. The summed E-state index contributed by atoms with van der Waals surface area (Å²) in [6.07, 6.45) is 9.83. The molecule has 0 bridgehead atoms. The lowest BCUT2D eigenvalue weighted by atomic mass is 9.78. The number of carboxylic acid groups (broad SMARTS) is 1. The molecule has 2 aromatic heterocycles. The van der Waals surface area contributed by atoms with Crippen LogP contribution in [0.25, 0.3) is 16.6 Å². The molecule has 0 atom stereocenters. The van der Waals surface area contributed by atoms with E-state index in [0.29, 0.717) is 16.9 Å². The molecule has 0 radical (unpaired) electrons. The van der Waals surface area contributed by atoms with Crippen LogP contribution < -0.4 is 9.64 Å². The topological polar surface area (TPSA) is 81.7 Å². The van der Waals surface area contributed by atoms with E-state index in [0.717, 1.165) is 54.5 Å². The van der Waals surface area contributed by atoms with E-state index in [1.165, 1.54) is 43.2 Å². The number of benzene rings is 2. The quantitative estimate of drug-likeness (QED) is 0.244. The summed E-state index contributed by atoms with van der Waals surface area (Å²) in [5.74, 6) is -0.188. The summed E-state index contributed by atoms with van der Waals surface area (Å²) < 4.78 is 6.08. The maximum Gasteiger partial charge on any atom is 0.339 e. The molecule has 0 amide bonds. The van der Waals surface area contributed by atoms with Gasteiger partial charge in [-0.1, -0.05) is 29.3 Å². The number of aromatic amines is 1. The van der Waals surface area contributed by atoms with Crippen LogP contribution in [0.4, 0.5) is 5.69 Å². The molecule has 1 aliphatic heterocycles. The van der Waals surface area contributed by atoms with Gasteiger partial charge in [0.15, 0.2) is 0 Å². The number of carbonyl (C=O) groups is 1. The smallest absolute Gasteiger partial charge is 0.339 e. The van der Waals surface area contributed by atoms with Gasteiger partial charge in [-0.05, 0) is 85.1 Å². The van der Waals surface area contributed by atoms with Crippen molar-refractivity contribution in [2.75, 3.05) is 37.6 Å². The second-order valence-corrected chi connectivity index (χ2v) is 12.1. The van der Waals surface area contributed by atoms with Crippen molar-refractivity contribution in [3.63, 3.8) is 0 Å². The molecule has 210 valence electrons. The zero-order valence-corrected chi connectivity index (χ0v) is 23.7. The Bertz CT molecular complexity index is 1630. The number of pyridine rings is 1. The van der Waals surface area contributed by atoms with Crippen molar-refractivity contribution < 1.29 is 14.6 Å². The molecule has 2 fully saturated rings. The highest BCUT2D eigenvalue weighted by Gasteiger charge is 2.45. The van der Waals surface area contributed by atoms with Gasteiger partial charge in [0.1, 0.15) is 22.7 Å². The summed E-state index contributed by atoms with van der Waals surface area (Å²) in [5, 5.41) is 11.5. The number of hydrogen-bond acceptors (Lipinski definition) is 5. The summed E-state index contributed by atoms with van der Waals surface area (Å²) in [4.78, 5) is 24.3. The van der Waals surface area contributed by atoms with Crippen molar-refractivity contribution in [2.24, 2.45) is 5.41 Å². The van der Waals surface area contributed by atoms with Gasteiger partial charge >= 0.3 is 5.97 Å². The fraction of sp³-hybridized carbons (Fsp3) is 0.333. The van der Waals surface area contributed by atoms with Crippen molar-refractivity contribution >= 4 is 39.9 Å². The maximum absolute atomic E-state index is 12.0. The van der Waals surface area contributed by atoms with E-state index in [9.17, 15) is 9.90 Å². The van der Waals surface area contributed by atoms with Crippen LogP contribution in [0.15, 0.2) is 72.6 Å². The van der Waals surface area contributed by atoms with Crippen LogP contribution in [-0.4, -0.2) is 58.7 Å². The van der Waals surface area contributed by atoms with Gasteiger partial charge in [0, 0.05) is 61.1 Å². The van der Waals surface area contributed by atoms with E-state index < -0.39 is 5.97 Å². The van der Waals surface area contributed by atoms with Crippen LogP contribution in [0.2, 0.25) is 5.02 Å². The third-order valence-corrected chi connectivity index (χ3v) is 9.29. The molecule has 7 nitrogen and oxygen atoms in total. The standard InChI is InChI=1S/C33H33ClN4O3/c34-25-3-1-22(2-4-25)29-19-33(10-11-33)9-7-24(29)21-37-13-15-38(16-14-37)26-5-6-28(32(39)40)30(18-26)41-27-17-23-8-12-35-31(23)36-20-27/h1-6,8,12,17-18,20H,7,9-11,13-16,19,21H2,(H,35,36)(H,39,40). The summed E-state index contributed by atoms with van der Waals surface area (Å²) in [7, 11) is 0. The molecule has 2 aliphatic carbocycles. The predicted molar refractivity (Wildman–Crippen MR) is 162 cm³/mol. The third kappa shape index (κ3) is 5.44. The Hall–Kier alpha value is -3.81. The molecule has 2 aromatic carbocycles. The Balaban J connectivity index is 1.06. The first-order valence-corrected chi connectivity index (χ1v) is 14.8. The number of ether oxygens (including phenoxy) is 1. The number of aromatic nitrogens is 2. The summed E-state index contributed by atoms with van der Waals surface area (Å²) in [5.41, 5.74) is 6.84. The number of allylic oxidation sites excluding steroid dienone is 1. The fourth-order valence-electron chi connectivity index (χ4n) is 6.40. The van der Waals surface area contributed by atoms with Gasteiger partial charge in [-0.25, -0.2) is 9.78 Å². The van der Waals surface area contributed by atoms with Crippen molar-refractivity contribution in [3.8, 4) is 11.5 Å². The number of halogens is 1. The molecule has 7 rings (SSSR count). The van der Waals surface area contributed by atoms with E-state index in [4.69, 9.17) is 16.3 Å². The van der Waals surface area contributed by atoms with Crippen LogP contribution in [0.1, 0.15) is 48.0 Å². The molecule has 8 heteroatoms. The van der Waals surface area contributed by atoms with E-state index in [2.05, 4.69) is 31.9 Å². The molecule has 1 saturated heterocycles. The molecule has 4 aromatic rings. The highest BCUT2D eigenvalue weighted by Crippen LogP contribution is 2.59. The zero-order chi connectivity index (χ0) is 28.0. The maximum atomic E-state index is 12.0. The molecule has 0 unspecified atom stereocenters. The first kappa shape index (κ1) is 26.1. The predicted octanol–water partition coefficient (Wildman–Crippen LogP) is 7.25. The number of hydrogen-bond donors (Lipinski definition) is 2. The van der Waals surface area contributed by atoms with Crippen molar-refractivity contribution in [1.82, 2.24) is 14.9 Å². The Kier molecular flexibility index (Phi) is 6.72. The third-order valence-electron chi connectivity index (χ3n) is 9.04. The molecule has 3 aliphatic rings. The number of aromatic carboxylic acids is 1. The summed E-state index contributed by atoms with van der Waals surface area (Å²) in [6.45, 7) is 4.65. The highest BCUT2D eigenvalue weighted by atomic mass is 35.5. The average molecular weight is 569 g/mol. The van der Waals surface area contributed by atoms with Gasteiger partial charge in [0.2, 0.25) is 0 Å². The number of nitrogens with zero attached hydrogens (tertiary/aromatic N) is 3. The summed E-state index contributed by atoms with van der Waals surface area (Å²) in [6, 6.07) is 17.5. The Morgan fingerprint density at radius 2 is 1.83 bits per heavy atom. The van der Waals surface area contributed by atoms with Gasteiger partial charge in [-0.3, -0.25) is 4.90 Å². The van der Waals surface area contributed by atoms with E-state index in [1.807, 2.05) is 42.6 Å². The number of fused-ring (bicyclic) bond motifs is 1. The Morgan fingerprint density at radius 1 is 1.02 bits per heavy atom. The first-order chi connectivity index (χ1) is 19.9. The van der Waals surface area contributed by atoms with Gasteiger partial charge in [-0.2, -0.15) is 0 Å². The van der Waals surface area contributed by atoms with Crippen LogP contribution in [0.5, 0.6) is 11.5 Å². The van der Waals surface area contributed by atoms with Gasteiger partial charge < -0.3 is 19.7 Å².